The Labute approximate surface area is 443 Å². The number of rotatable bonds is 40. The van der Waals surface area contributed by atoms with Crippen LogP contribution in [0.4, 0.5) is 0 Å². The van der Waals surface area contributed by atoms with E-state index in [1.54, 1.807) is 0 Å². The number of carbonyl (C=O) groups is 1. The summed E-state index contributed by atoms with van der Waals surface area (Å²) in [6.45, 7) is 2.99. The van der Waals surface area contributed by atoms with E-state index in [-0.39, 0.29) is 46.1 Å². The van der Waals surface area contributed by atoms with Gasteiger partial charge in [-0.1, -0.05) is 218 Å². The zero-order valence-electron chi connectivity index (χ0n) is 45.0. The van der Waals surface area contributed by atoms with E-state index in [1.807, 2.05) is 142 Å². The second-order valence-electron chi connectivity index (χ2n) is 20.6. The van der Waals surface area contributed by atoms with Crippen molar-refractivity contribution >= 4 is 13.8 Å². The van der Waals surface area contributed by atoms with Crippen molar-refractivity contribution in [1.82, 2.24) is 0 Å². The molecular formula is C60H89NO12P+. The van der Waals surface area contributed by atoms with Gasteiger partial charge in [-0.15, -0.1) is 0 Å². The van der Waals surface area contributed by atoms with Crippen molar-refractivity contribution < 1.29 is 60.9 Å². The third kappa shape index (κ3) is 25.8. The fraction of sp³-hybridized carbons (Fsp3) is 0.583. The molecular weight excluding hydrogens is 958 g/mol. The fourth-order valence-corrected chi connectivity index (χ4v) is 9.46. The third-order valence-corrected chi connectivity index (χ3v) is 14.0. The van der Waals surface area contributed by atoms with E-state index < -0.39 is 57.2 Å². The minimum absolute atomic E-state index is 0.0202. The number of likely N-dealkylation sites (N-methyl/N-ethyl adjacent to an activating group) is 1. The van der Waals surface area contributed by atoms with E-state index in [9.17, 15) is 14.3 Å². The van der Waals surface area contributed by atoms with Crippen LogP contribution in [0, 0.1) is 0 Å². The van der Waals surface area contributed by atoms with Crippen molar-refractivity contribution in [3.63, 3.8) is 0 Å². The maximum Gasteiger partial charge on any atom is 0.472 e. The number of carbonyl (C=O) groups excluding carboxylic acids is 1. The van der Waals surface area contributed by atoms with Gasteiger partial charge in [-0.2, -0.15) is 0 Å². The number of phosphoric acid groups is 1. The molecule has 0 spiro atoms. The van der Waals surface area contributed by atoms with E-state index in [1.165, 1.54) is 70.6 Å². The zero-order valence-corrected chi connectivity index (χ0v) is 45.9. The van der Waals surface area contributed by atoms with Crippen molar-refractivity contribution in [2.75, 3.05) is 54.1 Å². The molecule has 0 radical (unpaired) electrons. The van der Waals surface area contributed by atoms with Crippen LogP contribution in [0.5, 0.6) is 0 Å². The van der Waals surface area contributed by atoms with Crippen molar-refractivity contribution in [2.45, 2.75) is 173 Å². The maximum atomic E-state index is 13.4. The molecule has 7 atom stereocenters. The molecule has 0 saturated carbocycles. The van der Waals surface area contributed by atoms with Gasteiger partial charge in [-0.3, -0.25) is 13.8 Å². The van der Waals surface area contributed by atoms with Crippen LogP contribution in [-0.2, 0) is 78.0 Å². The molecule has 410 valence electrons. The van der Waals surface area contributed by atoms with Crippen molar-refractivity contribution in [1.29, 1.82) is 0 Å². The molecule has 1 fully saturated rings. The molecule has 0 amide bonds. The molecule has 1 N–H and O–H groups in total. The van der Waals surface area contributed by atoms with Crippen molar-refractivity contribution in [3.8, 4) is 0 Å². The normalized spacial score (nSPS) is 19.2. The molecule has 1 aliphatic heterocycles. The molecule has 0 aromatic heterocycles. The SMILES string of the molecule is CCCCCCCCCCCCCCCCCC(=O)OC[C@H](COP(=O)(O)OCC[N+](C)(C)C)O[C@H]1O[C@H](COCc2ccccc2)[C@@H](OCc2ccccc2)[C@H](OCc2ccccc2)[C@H]1OCc1ccccc1. The lowest BCUT2D eigenvalue weighted by Crippen LogP contribution is -2.62. The highest BCUT2D eigenvalue weighted by molar-refractivity contribution is 7.47. The van der Waals surface area contributed by atoms with Crippen LogP contribution in [0.3, 0.4) is 0 Å². The molecule has 0 aliphatic carbocycles. The topological polar surface area (TPSA) is 137 Å². The van der Waals surface area contributed by atoms with Crippen LogP contribution in [0.25, 0.3) is 0 Å². The molecule has 1 aliphatic rings. The number of unbranched alkanes of at least 4 members (excludes halogenated alkanes) is 14. The molecule has 1 saturated heterocycles. The Hall–Kier alpha value is -3.82. The minimum Gasteiger partial charge on any atom is -0.463 e. The van der Waals surface area contributed by atoms with Gasteiger partial charge in [0.25, 0.3) is 0 Å². The highest BCUT2D eigenvalue weighted by Gasteiger charge is 2.50. The van der Waals surface area contributed by atoms with E-state index >= 15 is 0 Å². The lowest BCUT2D eigenvalue weighted by atomic mass is 9.97. The highest BCUT2D eigenvalue weighted by atomic mass is 31.2. The van der Waals surface area contributed by atoms with Gasteiger partial charge in [0.05, 0.1) is 60.8 Å². The van der Waals surface area contributed by atoms with Crippen LogP contribution in [0.2, 0.25) is 0 Å². The van der Waals surface area contributed by atoms with Crippen molar-refractivity contribution in [3.05, 3.63) is 144 Å². The van der Waals surface area contributed by atoms with Gasteiger partial charge in [-0.05, 0) is 28.7 Å². The summed E-state index contributed by atoms with van der Waals surface area (Å²) in [5, 5.41) is 0. The number of hydrogen-bond donors (Lipinski definition) is 1. The summed E-state index contributed by atoms with van der Waals surface area (Å²) in [4.78, 5) is 24.2. The summed E-state index contributed by atoms with van der Waals surface area (Å²) in [7, 11) is 1.29. The monoisotopic (exact) mass is 1050 g/mol. The molecule has 4 aromatic rings. The molecule has 1 unspecified atom stereocenters. The first-order valence-corrected chi connectivity index (χ1v) is 28.9. The third-order valence-electron chi connectivity index (χ3n) is 13.0. The summed E-state index contributed by atoms with van der Waals surface area (Å²) in [5.41, 5.74) is 3.79. The molecule has 0 bridgehead atoms. The summed E-state index contributed by atoms with van der Waals surface area (Å²) in [6, 6.07) is 39.4. The molecule has 4 aromatic carbocycles. The van der Waals surface area contributed by atoms with Crippen LogP contribution >= 0.6 is 7.82 Å². The van der Waals surface area contributed by atoms with Gasteiger partial charge in [-0.25, -0.2) is 4.57 Å². The van der Waals surface area contributed by atoms with E-state index in [0.29, 0.717) is 24.1 Å². The van der Waals surface area contributed by atoms with Gasteiger partial charge in [0, 0.05) is 6.42 Å². The van der Waals surface area contributed by atoms with Gasteiger partial charge in [0.15, 0.2) is 6.29 Å². The predicted octanol–water partition coefficient (Wildman–Crippen LogP) is 12.7. The van der Waals surface area contributed by atoms with E-state index in [0.717, 1.165) is 41.5 Å². The number of hydrogen-bond acceptors (Lipinski definition) is 11. The van der Waals surface area contributed by atoms with E-state index in [4.69, 9.17) is 42.2 Å². The molecule has 5 rings (SSSR count). The van der Waals surface area contributed by atoms with E-state index in [2.05, 4.69) is 6.92 Å². The maximum absolute atomic E-state index is 13.4. The lowest BCUT2D eigenvalue weighted by Gasteiger charge is -2.46. The Morgan fingerprint density at radius 1 is 0.568 bits per heavy atom. The summed E-state index contributed by atoms with van der Waals surface area (Å²) in [5.74, 6) is -0.397. The van der Waals surface area contributed by atoms with Crippen LogP contribution in [-0.4, -0.2) is 106 Å². The predicted molar refractivity (Wildman–Crippen MR) is 290 cm³/mol. The van der Waals surface area contributed by atoms with Crippen LogP contribution in [0.1, 0.15) is 132 Å². The average Bonchev–Trinajstić information content (AvgIpc) is 3.40. The summed E-state index contributed by atoms with van der Waals surface area (Å²) >= 11 is 0. The standard InChI is InChI=1S/C60H88NO12P/c1-5-6-7-8-9-10-11-12-13-14-15-16-17-18-31-40-56(62)66-47-54(48-71-74(63,64)70-42-41-61(2,3)4)72-60-59(69-46-53-38-29-22-30-39-53)58(68-45-52-36-27-21-28-37-52)57(67-44-51-34-25-20-26-35-51)55(73-60)49-65-43-50-32-23-19-24-33-50/h19-30,32-39,54-55,57-60H,5-18,31,40-49H2,1-4H3/p+1/t54-,55-,57-,58+,59-,60+/m1/s1. The van der Waals surface area contributed by atoms with Gasteiger partial charge in [0.1, 0.15) is 50.3 Å². The number of quaternary nitrogens is 1. The second-order valence-corrected chi connectivity index (χ2v) is 22.0. The van der Waals surface area contributed by atoms with Crippen LogP contribution < -0.4 is 0 Å². The number of benzene rings is 4. The average molecular weight is 1050 g/mol. The smallest absolute Gasteiger partial charge is 0.463 e. The molecule has 74 heavy (non-hydrogen) atoms. The highest BCUT2D eigenvalue weighted by Crippen LogP contribution is 2.43. The fourth-order valence-electron chi connectivity index (χ4n) is 8.72. The van der Waals surface area contributed by atoms with Crippen LogP contribution in [0.15, 0.2) is 121 Å². The molecule has 14 heteroatoms. The quantitative estimate of drug-likeness (QED) is 0.0196. The Kier molecular flexibility index (Phi) is 29.3. The summed E-state index contributed by atoms with van der Waals surface area (Å²) < 4.78 is 71.3. The first kappa shape index (κ1) is 61.0. The zero-order chi connectivity index (χ0) is 52.5. The summed E-state index contributed by atoms with van der Waals surface area (Å²) in [6.07, 6.45) is 13.1. The first-order chi connectivity index (χ1) is 36.0. The Balaban J connectivity index is 1.32. The van der Waals surface area contributed by atoms with Gasteiger partial charge in [0.2, 0.25) is 0 Å². The molecule has 1 heterocycles. The minimum atomic E-state index is -4.58. The lowest BCUT2D eigenvalue weighted by molar-refractivity contribution is -0.870. The number of ether oxygens (including phenoxy) is 7. The number of phosphoric ester groups is 1. The largest absolute Gasteiger partial charge is 0.472 e. The van der Waals surface area contributed by atoms with Gasteiger partial charge >= 0.3 is 13.8 Å². The molecule has 13 nitrogen and oxygen atoms in total. The Morgan fingerprint density at radius 2 is 1.00 bits per heavy atom. The second kappa shape index (κ2) is 35.5. The number of esters is 1. The number of nitrogens with zero attached hydrogens (tertiary/aromatic N) is 1. The Morgan fingerprint density at radius 3 is 1.47 bits per heavy atom. The van der Waals surface area contributed by atoms with Crippen molar-refractivity contribution in [2.24, 2.45) is 0 Å². The van der Waals surface area contributed by atoms with Gasteiger partial charge < -0.3 is 42.5 Å². The first-order valence-electron chi connectivity index (χ1n) is 27.4. The Bertz CT molecular complexity index is 2080.